The van der Waals surface area contributed by atoms with E-state index in [1.807, 2.05) is 19.1 Å². The third-order valence-electron chi connectivity index (χ3n) is 3.09. The van der Waals surface area contributed by atoms with Crippen molar-refractivity contribution in [3.05, 3.63) is 36.9 Å². The van der Waals surface area contributed by atoms with Crippen LogP contribution in [0.1, 0.15) is 19.8 Å². The number of hydrogen-bond donors (Lipinski definition) is 2. The van der Waals surface area contributed by atoms with Crippen molar-refractivity contribution in [3.8, 4) is 5.75 Å². The van der Waals surface area contributed by atoms with Crippen LogP contribution in [-0.2, 0) is 11.3 Å². The van der Waals surface area contributed by atoms with Crippen molar-refractivity contribution in [2.24, 2.45) is 5.73 Å². The van der Waals surface area contributed by atoms with Gasteiger partial charge in [0.15, 0.2) is 0 Å². The van der Waals surface area contributed by atoms with Crippen molar-refractivity contribution < 1.29 is 9.53 Å². The Labute approximate surface area is 129 Å². The Balaban J connectivity index is 1.85. The van der Waals surface area contributed by atoms with E-state index in [2.05, 4.69) is 15.4 Å². The predicted molar refractivity (Wildman–Crippen MR) is 83.5 cm³/mol. The topological polar surface area (TPSA) is 95.1 Å². The number of nitrogens with two attached hydrogens (primary N) is 1. The summed E-state index contributed by atoms with van der Waals surface area (Å²) in [5.74, 6) is 0.503. The number of benzene rings is 1. The van der Waals surface area contributed by atoms with Crippen LogP contribution in [0.15, 0.2) is 36.9 Å². The molecule has 118 valence electrons. The summed E-state index contributed by atoms with van der Waals surface area (Å²) < 4.78 is 7.33. The van der Waals surface area contributed by atoms with Gasteiger partial charge in [-0.3, -0.25) is 4.79 Å². The normalized spacial score (nSPS) is 11.9. The Morgan fingerprint density at radius 1 is 1.50 bits per heavy atom. The molecule has 7 nitrogen and oxygen atoms in total. The summed E-state index contributed by atoms with van der Waals surface area (Å²) in [7, 11) is 0. The highest BCUT2D eigenvalue weighted by atomic mass is 16.5. The first-order valence-electron chi connectivity index (χ1n) is 7.30. The average Bonchev–Trinajstić information content (AvgIpc) is 3.01. The summed E-state index contributed by atoms with van der Waals surface area (Å²) in [5, 5.41) is 6.80. The zero-order valence-corrected chi connectivity index (χ0v) is 12.6. The maximum Gasteiger partial charge on any atom is 0.241 e. The molecule has 0 bridgehead atoms. The van der Waals surface area contributed by atoms with Crippen molar-refractivity contribution in [2.45, 2.75) is 32.4 Å². The summed E-state index contributed by atoms with van der Waals surface area (Å²) in [5.41, 5.74) is 6.46. The quantitative estimate of drug-likeness (QED) is 0.769. The molecule has 1 aromatic heterocycles. The molecule has 3 N–H and O–H groups in total. The minimum Gasteiger partial charge on any atom is -0.492 e. The van der Waals surface area contributed by atoms with Crippen molar-refractivity contribution >= 4 is 11.6 Å². The zero-order valence-electron chi connectivity index (χ0n) is 12.6. The van der Waals surface area contributed by atoms with Crippen LogP contribution in [0.2, 0.25) is 0 Å². The van der Waals surface area contributed by atoms with E-state index in [0.717, 1.165) is 6.42 Å². The molecule has 0 fully saturated rings. The fourth-order valence-corrected chi connectivity index (χ4v) is 1.95. The number of ether oxygens (including phenoxy) is 1. The zero-order chi connectivity index (χ0) is 15.8. The second-order valence-corrected chi connectivity index (χ2v) is 4.92. The Morgan fingerprint density at radius 3 is 3.09 bits per heavy atom. The molecule has 0 saturated carbocycles. The molecule has 0 aliphatic heterocycles. The van der Waals surface area contributed by atoms with E-state index >= 15 is 0 Å². The van der Waals surface area contributed by atoms with Crippen molar-refractivity contribution in [3.63, 3.8) is 0 Å². The number of amides is 1. The molecule has 0 aliphatic rings. The number of nitrogens with one attached hydrogen (secondary N) is 1. The van der Waals surface area contributed by atoms with Gasteiger partial charge in [0.25, 0.3) is 0 Å². The lowest BCUT2D eigenvalue weighted by Crippen LogP contribution is -2.35. The van der Waals surface area contributed by atoms with Crippen LogP contribution >= 0.6 is 0 Å². The smallest absolute Gasteiger partial charge is 0.241 e. The Hall–Kier alpha value is -2.41. The van der Waals surface area contributed by atoms with Crippen LogP contribution < -0.4 is 15.8 Å². The van der Waals surface area contributed by atoms with E-state index in [9.17, 15) is 4.79 Å². The highest BCUT2D eigenvalue weighted by Gasteiger charge is 2.12. The fraction of sp³-hybridized carbons (Fsp3) is 0.400. The number of aromatic nitrogens is 3. The molecule has 1 amide bonds. The Kier molecular flexibility index (Phi) is 5.91. The molecular formula is C15H21N5O2. The van der Waals surface area contributed by atoms with Gasteiger partial charge in [-0.05, 0) is 18.6 Å². The van der Waals surface area contributed by atoms with Gasteiger partial charge in [-0.15, -0.1) is 0 Å². The summed E-state index contributed by atoms with van der Waals surface area (Å²) in [4.78, 5) is 15.8. The molecule has 2 aromatic rings. The number of carbonyl (C=O) groups is 1. The van der Waals surface area contributed by atoms with Crippen LogP contribution in [0.5, 0.6) is 5.75 Å². The van der Waals surface area contributed by atoms with E-state index in [0.29, 0.717) is 31.0 Å². The van der Waals surface area contributed by atoms with Crippen LogP contribution in [0.25, 0.3) is 0 Å². The SMILES string of the molecule is CCCC(N)C(=O)Nc1cccc(OCCn2cncn2)c1. The van der Waals surface area contributed by atoms with Gasteiger partial charge in [0.05, 0.1) is 12.6 Å². The van der Waals surface area contributed by atoms with Gasteiger partial charge in [0.1, 0.15) is 25.0 Å². The highest BCUT2D eigenvalue weighted by molar-refractivity contribution is 5.94. The second kappa shape index (κ2) is 8.14. The van der Waals surface area contributed by atoms with Gasteiger partial charge in [-0.2, -0.15) is 5.10 Å². The highest BCUT2D eigenvalue weighted by Crippen LogP contribution is 2.17. The summed E-state index contributed by atoms with van der Waals surface area (Å²) in [6.45, 7) is 3.07. The van der Waals surface area contributed by atoms with Gasteiger partial charge in [0, 0.05) is 11.8 Å². The van der Waals surface area contributed by atoms with Gasteiger partial charge >= 0.3 is 0 Å². The third kappa shape index (κ3) is 4.85. The molecule has 1 unspecified atom stereocenters. The minimum atomic E-state index is -0.484. The van der Waals surface area contributed by atoms with Crippen LogP contribution in [0, 0.1) is 0 Å². The molecule has 1 atom stereocenters. The maximum atomic E-state index is 11.9. The minimum absolute atomic E-state index is 0.179. The van der Waals surface area contributed by atoms with E-state index in [4.69, 9.17) is 10.5 Å². The molecule has 22 heavy (non-hydrogen) atoms. The summed E-state index contributed by atoms with van der Waals surface area (Å²) in [6, 6.07) is 6.76. The second-order valence-electron chi connectivity index (χ2n) is 4.92. The van der Waals surface area contributed by atoms with E-state index in [-0.39, 0.29) is 5.91 Å². The number of carbonyl (C=O) groups excluding carboxylic acids is 1. The first-order valence-corrected chi connectivity index (χ1v) is 7.30. The molecular weight excluding hydrogens is 282 g/mol. The van der Waals surface area contributed by atoms with E-state index in [1.54, 1.807) is 23.1 Å². The van der Waals surface area contributed by atoms with Crippen molar-refractivity contribution in [1.82, 2.24) is 14.8 Å². The van der Waals surface area contributed by atoms with Crippen LogP contribution in [-0.4, -0.2) is 33.3 Å². The molecule has 0 spiro atoms. The first-order chi connectivity index (χ1) is 10.7. The summed E-state index contributed by atoms with van der Waals surface area (Å²) in [6.07, 6.45) is 4.66. The predicted octanol–water partition coefficient (Wildman–Crippen LogP) is 1.42. The van der Waals surface area contributed by atoms with E-state index in [1.165, 1.54) is 6.33 Å². The van der Waals surface area contributed by atoms with Crippen LogP contribution in [0.4, 0.5) is 5.69 Å². The van der Waals surface area contributed by atoms with Gasteiger partial charge in [-0.25, -0.2) is 9.67 Å². The standard InChI is InChI=1S/C15H21N5O2/c1-2-4-14(16)15(21)19-12-5-3-6-13(9-12)22-8-7-20-11-17-10-18-20/h3,5-6,9-11,14H,2,4,7-8,16H2,1H3,(H,19,21). The maximum absolute atomic E-state index is 11.9. The lowest BCUT2D eigenvalue weighted by Gasteiger charge is -2.12. The third-order valence-corrected chi connectivity index (χ3v) is 3.09. The Morgan fingerprint density at radius 2 is 2.36 bits per heavy atom. The monoisotopic (exact) mass is 303 g/mol. The first kappa shape index (κ1) is 16.0. The molecule has 0 aliphatic carbocycles. The van der Waals surface area contributed by atoms with Gasteiger partial charge in [-0.1, -0.05) is 19.4 Å². The lowest BCUT2D eigenvalue weighted by molar-refractivity contribution is -0.117. The van der Waals surface area contributed by atoms with Gasteiger partial charge in [0.2, 0.25) is 5.91 Å². The Bertz CT molecular complexity index is 585. The lowest BCUT2D eigenvalue weighted by atomic mass is 10.1. The molecule has 7 heteroatoms. The van der Waals surface area contributed by atoms with E-state index < -0.39 is 6.04 Å². The molecule has 0 saturated heterocycles. The molecule has 0 radical (unpaired) electrons. The largest absolute Gasteiger partial charge is 0.492 e. The van der Waals surface area contributed by atoms with Crippen molar-refractivity contribution in [2.75, 3.05) is 11.9 Å². The van der Waals surface area contributed by atoms with Crippen LogP contribution in [0.3, 0.4) is 0 Å². The van der Waals surface area contributed by atoms with Gasteiger partial charge < -0.3 is 15.8 Å². The summed E-state index contributed by atoms with van der Waals surface area (Å²) >= 11 is 0. The number of anilines is 1. The number of nitrogens with zero attached hydrogens (tertiary/aromatic N) is 3. The molecule has 1 heterocycles. The molecule has 1 aromatic carbocycles. The number of hydrogen-bond acceptors (Lipinski definition) is 5. The van der Waals surface area contributed by atoms with Crippen molar-refractivity contribution in [1.29, 1.82) is 0 Å². The number of rotatable bonds is 8. The average molecular weight is 303 g/mol. The fourth-order valence-electron chi connectivity index (χ4n) is 1.95. The molecule has 2 rings (SSSR count).